The molecule has 1 aromatic carbocycles. The van der Waals surface area contributed by atoms with Crippen LogP contribution in [0, 0.1) is 17.8 Å². The lowest BCUT2D eigenvalue weighted by atomic mass is 9.53. The molecule has 2 unspecified atom stereocenters. The number of carbonyl (C=O) groups excluding carboxylic acids is 2. The Balaban J connectivity index is 1.20. The zero-order valence-corrected chi connectivity index (χ0v) is 20.7. The number of amides is 1. The first kappa shape index (κ1) is 23.8. The van der Waals surface area contributed by atoms with E-state index in [0.29, 0.717) is 17.8 Å². The van der Waals surface area contributed by atoms with Gasteiger partial charge in [0.15, 0.2) is 6.61 Å². The van der Waals surface area contributed by atoms with Crippen molar-refractivity contribution in [2.75, 3.05) is 19.7 Å². The normalized spacial score (nSPS) is 35.2. The van der Waals surface area contributed by atoms with Gasteiger partial charge >= 0.3 is 5.97 Å². The third-order valence-corrected chi connectivity index (χ3v) is 9.70. The van der Waals surface area contributed by atoms with E-state index >= 15 is 0 Å². The fraction of sp³-hybridized carbons (Fsp3) is 0.680. The molecule has 4 aliphatic carbocycles. The molecule has 1 aromatic rings. The first-order valence-corrected chi connectivity index (χ1v) is 13.8. The van der Waals surface area contributed by atoms with E-state index in [1.165, 1.54) is 47.8 Å². The molecule has 186 valence electrons. The largest absolute Gasteiger partial charge is 0.452 e. The van der Waals surface area contributed by atoms with Crippen molar-refractivity contribution in [3.05, 3.63) is 29.8 Å². The highest BCUT2D eigenvalue weighted by Gasteiger charge is 2.51. The van der Waals surface area contributed by atoms with E-state index in [2.05, 4.69) is 5.32 Å². The van der Waals surface area contributed by atoms with Crippen molar-refractivity contribution in [2.45, 2.75) is 75.0 Å². The Morgan fingerprint density at radius 3 is 2.24 bits per heavy atom. The minimum atomic E-state index is -3.78. The van der Waals surface area contributed by atoms with Crippen LogP contribution in [0.2, 0.25) is 0 Å². The van der Waals surface area contributed by atoms with Gasteiger partial charge in [0.25, 0.3) is 5.91 Å². The molecule has 1 N–H and O–H groups in total. The highest BCUT2D eigenvalue weighted by atomic mass is 32.2. The predicted octanol–water partition coefficient (Wildman–Crippen LogP) is 2.73. The number of nitrogens with zero attached hydrogens (tertiary/aromatic N) is 1. The van der Waals surface area contributed by atoms with Gasteiger partial charge in [-0.25, -0.2) is 13.2 Å². The van der Waals surface area contributed by atoms with Gasteiger partial charge in [-0.2, -0.15) is 4.31 Å². The molecule has 8 nitrogen and oxygen atoms in total. The minimum Gasteiger partial charge on any atom is -0.452 e. The SMILES string of the molecule is CC1CN(S(=O)(=O)c2cccc(C(=O)OCC(=O)NC34CC5CC(CC(C5)C3)C4)c2)CC(C)O1. The number of carbonyl (C=O) groups is 2. The average molecular weight is 491 g/mol. The van der Waals surface area contributed by atoms with E-state index in [-0.39, 0.29) is 53.8 Å². The van der Waals surface area contributed by atoms with Crippen LogP contribution < -0.4 is 5.32 Å². The number of rotatable bonds is 6. The Bertz CT molecular complexity index is 1030. The highest BCUT2D eigenvalue weighted by Crippen LogP contribution is 2.55. The van der Waals surface area contributed by atoms with Gasteiger partial charge in [-0.15, -0.1) is 0 Å². The van der Waals surface area contributed by atoms with Gasteiger partial charge in [0.1, 0.15) is 0 Å². The van der Waals surface area contributed by atoms with Crippen molar-refractivity contribution in [1.82, 2.24) is 9.62 Å². The van der Waals surface area contributed by atoms with Crippen molar-refractivity contribution in [1.29, 1.82) is 0 Å². The standard InChI is InChI=1S/C25H34N2O6S/c1-16-13-27(14-17(2)33-16)34(30,31)22-5-3-4-21(9-22)24(29)32-15-23(28)26-25-10-18-6-19(11-25)8-20(7-18)12-25/h3-5,9,16-20H,6-8,10-15H2,1-2H3,(H,26,28). The van der Waals surface area contributed by atoms with Crippen LogP contribution in [0.4, 0.5) is 0 Å². The number of nitrogens with one attached hydrogen (secondary N) is 1. The fourth-order valence-corrected chi connectivity index (χ4v) is 8.71. The summed E-state index contributed by atoms with van der Waals surface area (Å²) in [6.45, 7) is 3.81. The molecule has 0 aromatic heterocycles. The second-order valence-electron chi connectivity index (χ2n) is 10.9. The van der Waals surface area contributed by atoms with Crippen LogP contribution in [0.15, 0.2) is 29.2 Å². The number of hydrogen-bond donors (Lipinski definition) is 1. The molecule has 1 amide bonds. The number of esters is 1. The Morgan fingerprint density at radius 1 is 1.06 bits per heavy atom. The van der Waals surface area contributed by atoms with E-state index in [9.17, 15) is 18.0 Å². The molecule has 4 bridgehead atoms. The molecule has 5 aliphatic rings. The highest BCUT2D eigenvalue weighted by molar-refractivity contribution is 7.89. The Morgan fingerprint density at radius 2 is 1.65 bits per heavy atom. The monoisotopic (exact) mass is 490 g/mol. The Labute approximate surface area is 201 Å². The van der Waals surface area contributed by atoms with Crippen LogP contribution in [0.3, 0.4) is 0 Å². The van der Waals surface area contributed by atoms with Gasteiger partial charge in [-0.3, -0.25) is 4.79 Å². The summed E-state index contributed by atoms with van der Waals surface area (Å²) in [6.07, 6.45) is 6.51. The third-order valence-electron chi connectivity index (χ3n) is 7.87. The number of morpholine rings is 1. The summed E-state index contributed by atoms with van der Waals surface area (Å²) in [7, 11) is -3.78. The Kier molecular flexibility index (Phi) is 6.23. The van der Waals surface area contributed by atoms with Gasteiger partial charge in [0.05, 0.1) is 22.7 Å². The molecule has 1 saturated heterocycles. The summed E-state index contributed by atoms with van der Waals surface area (Å²) in [4.78, 5) is 25.3. The van der Waals surface area contributed by atoms with Gasteiger partial charge in [0.2, 0.25) is 10.0 Å². The van der Waals surface area contributed by atoms with Crippen molar-refractivity contribution < 1.29 is 27.5 Å². The van der Waals surface area contributed by atoms with E-state index in [4.69, 9.17) is 9.47 Å². The smallest absolute Gasteiger partial charge is 0.338 e. The Hall–Kier alpha value is -1.97. The molecule has 1 heterocycles. The number of sulfonamides is 1. The summed E-state index contributed by atoms with van der Waals surface area (Å²) in [5, 5.41) is 3.19. The summed E-state index contributed by atoms with van der Waals surface area (Å²) in [5.41, 5.74) is -0.0309. The number of benzene rings is 1. The third kappa shape index (κ3) is 4.75. The summed E-state index contributed by atoms with van der Waals surface area (Å²) in [5.74, 6) is 1.13. The van der Waals surface area contributed by atoms with Gasteiger partial charge in [0, 0.05) is 18.6 Å². The van der Waals surface area contributed by atoms with Crippen LogP contribution in [0.5, 0.6) is 0 Å². The minimum absolute atomic E-state index is 0.0290. The maximum absolute atomic E-state index is 13.1. The van der Waals surface area contributed by atoms with Gasteiger partial charge in [-0.1, -0.05) is 6.07 Å². The number of ether oxygens (including phenoxy) is 2. The number of hydrogen-bond acceptors (Lipinski definition) is 6. The maximum Gasteiger partial charge on any atom is 0.338 e. The molecule has 0 radical (unpaired) electrons. The zero-order valence-electron chi connectivity index (χ0n) is 19.9. The quantitative estimate of drug-likeness (QED) is 0.616. The molecular formula is C25H34N2O6S. The van der Waals surface area contributed by atoms with E-state index < -0.39 is 16.0 Å². The van der Waals surface area contributed by atoms with Crippen LogP contribution in [0.25, 0.3) is 0 Å². The summed E-state index contributed by atoms with van der Waals surface area (Å²) < 4.78 is 38.5. The van der Waals surface area contributed by atoms with Gasteiger partial charge < -0.3 is 14.8 Å². The second-order valence-corrected chi connectivity index (χ2v) is 12.9. The van der Waals surface area contributed by atoms with Crippen LogP contribution >= 0.6 is 0 Å². The molecule has 6 rings (SSSR count). The van der Waals surface area contributed by atoms with Crippen molar-refractivity contribution in [3.63, 3.8) is 0 Å². The second kappa shape index (κ2) is 8.91. The van der Waals surface area contributed by atoms with Crippen LogP contribution in [-0.4, -0.2) is 62.0 Å². The van der Waals surface area contributed by atoms with E-state index in [1.54, 1.807) is 0 Å². The zero-order chi connectivity index (χ0) is 24.1. The molecular weight excluding hydrogens is 456 g/mol. The molecule has 9 heteroatoms. The maximum atomic E-state index is 13.1. The summed E-state index contributed by atoms with van der Waals surface area (Å²) >= 11 is 0. The molecule has 4 saturated carbocycles. The molecule has 1 aliphatic heterocycles. The summed E-state index contributed by atoms with van der Waals surface area (Å²) in [6, 6.07) is 5.81. The van der Waals surface area contributed by atoms with E-state index in [0.717, 1.165) is 19.3 Å². The first-order chi connectivity index (χ1) is 16.1. The van der Waals surface area contributed by atoms with Crippen molar-refractivity contribution in [2.24, 2.45) is 17.8 Å². The lowest BCUT2D eigenvalue weighted by Crippen LogP contribution is -2.60. The molecule has 2 atom stereocenters. The van der Waals surface area contributed by atoms with Crippen LogP contribution in [-0.2, 0) is 24.3 Å². The van der Waals surface area contributed by atoms with E-state index in [1.807, 2.05) is 13.8 Å². The molecule has 0 spiro atoms. The lowest BCUT2D eigenvalue weighted by molar-refractivity contribution is -0.130. The van der Waals surface area contributed by atoms with Gasteiger partial charge in [-0.05, 0) is 88.3 Å². The topological polar surface area (TPSA) is 102 Å². The average Bonchev–Trinajstić information content (AvgIpc) is 2.75. The van der Waals surface area contributed by atoms with Crippen LogP contribution in [0.1, 0.15) is 62.7 Å². The predicted molar refractivity (Wildman–Crippen MR) is 125 cm³/mol. The van der Waals surface area contributed by atoms with Crippen molar-refractivity contribution >= 4 is 21.9 Å². The fourth-order valence-electron chi connectivity index (χ4n) is 7.07. The first-order valence-electron chi connectivity index (χ1n) is 12.4. The van der Waals surface area contributed by atoms with Crippen molar-refractivity contribution in [3.8, 4) is 0 Å². The lowest BCUT2D eigenvalue weighted by Gasteiger charge is -2.56. The molecule has 5 fully saturated rings. The molecule has 34 heavy (non-hydrogen) atoms.